The topological polar surface area (TPSA) is 111 Å². The monoisotopic (exact) mass is 340 g/mol. The van der Waals surface area contributed by atoms with Crippen molar-refractivity contribution in [3.8, 4) is 0 Å². The molecule has 1 fully saturated rings. The molecule has 0 unspecified atom stereocenters. The molecule has 7 nitrogen and oxygen atoms in total. The summed E-state index contributed by atoms with van der Waals surface area (Å²) in [6.07, 6.45) is 8.61. The first-order valence-electron chi connectivity index (χ1n) is 8.35. The van der Waals surface area contributed by atoms with Crippen LogP contribution in [0.15, 0.2) is 30.7 Å². The highest BCUT2D eigenvalue weighted by Crippen LogP contribution is 2.39. The third-order valence-corrected chi connectivity index (χ3v) is 4.63. The van der Waals surface area contributed by atoms with Gasteiger partial charge in [0.15, 0.2) is 11.3 Å². The van der Waals surface area contributed by atoms with E-state index >= 15 is 0 Å². The largest absolute Gasteiger partial charge is 0.405 e. The maximum absolute atomic E-state index is 12.7. The van der Waals surface area contributed by atoms with Gasteiger partial charge in [-0.05, 0) is 63.9 Å². The van der Waals surface area contributed by atoms with Gasteiger partial charge in [0, 0.05) is 11.2 Å². The minimum absolute atomic E-state index is 0.215. The summed E-state index contributed by atoms with van der Waals surface area (Å²) < 4.78 is 1.79. The fraction of sp³-hybridized carbons (Fsp3) is 0.389. The molecule has 1 aliphatic rings. The second-order valence-corrected chi connectivity index (χ2v) is 7.03. The number of rotatable bonds is 5. The van der Waals surface area contributed by atoms with Crippen LogP contribution in [0.5, 0.6) is 0 Å². The average Bonchev–Trinajstić information content (AvgIpc) is 3.32. The molecule has 0 aliphatic heterocycles. The fourth-order valence-corrected chi connectivity index (χ4v) is 2.93. The Hall–Kier alpha value is -2.83. The van der Waals surface area contributed by atoms with Gasteiger partial charge in [0.1, 0.15) is 6.33 Å². The molecular formula is C18H24N6O. The number of carbonyl (C=O) groups excluding carboxylic acids is 1. The number of carbonyl (C=O) groups is 1. The third-order valence-electron chi connectivity index (χ3n) is 4.63. The van der Waals surface area contributed by atoms with E-state index in [9.17, 15) is 4.79 Å². The molecule has 1 aliphatic carbocycles. The number of hydrogen-bond donors (Lipinski definition) is 3. The number of nitrogens with two attached hydrogens (primary N) is 2. The van der Waals surface area contributed by atoms with Crippen LogP contribution in [0.4, 0.5) is 0 Å². The zero-order chi connectivity index (χ0) is 18.2. The van der Waals surface area contributed by atoms with E-state index in [-0.39, 0.29) is 11.4 Å². The molecule has 2 heterocycles. The first-order chi connectivity index (χ1) is 11.8. The van der Waals surface area contributed by atoms with E-state index in [1.165, 1.54) is 6.20 Å². The van der Waals surface area contributed by atoms with Crippen LogP contribution >= 0.6 is 0 Å². The van der Waals surface area contributed by atoms with Gasteiger partial charge in [0.25, 0.3) is 5.91 Å². The maximum atomic E-state index is 12.7. The zero-order valence-electron chi connectivity index (χ0n) is 14.8. The van der Waals surface area contributed by atoms with Gasteiger partial charge in [-0.3, -0.25) is 9.20 Å². The highest BCUT2D eigenvalue weighted by molar-refractivity contribution is 5.98. The lowest BCUT2D eigenvalue weighted by molar-refractivity contribution is 0.0900. The average molecular weight is 340 g/mol. The van der Waals surface area contributed by atoms with Gasteiger partial charge in [0.2, 0.25) is 0 Å². The van der Waals surface area contributed by atoms with Crippen LogP contribution in [0.3, 0.4) is 0 Å². The number of hydrogen-bond acceptors (Lipinski definition) is 5. The quantitative estimate of drug-likeness (QED) is 0.718. The molecule has 0 aromatic carbocycles. The Kier molecular flexibility index (Phi) is 4.24. The van der Waals surface area contributed by atoms with Crippen molar-refractivity contribution >= 4 is 17.3 Å². The first kappa shape index (κ1) is 17.0. The standard InChI is InChI=1S/C18H24N6O/c1-11-9-14(13(20)5-4-8-19)22-16-15(21-10-24(11)16)17(25)23-18(2,3)12-6-7-12/h4-5,8-10,12H,6-7,19-20H2,1-3H3,(H,23,25)/b8-4-,13-5-. The van der Waals surface area contributed by atoms with Crippen LogP contribution in [0, 0.1) is 12.8 Å². The van der Waals surface area contributed by atoms with Crippen molar-refractivity contribution in [1.29, 1.82) is 0 Å². The number of nitrogens with zero attached hydrogens (tertiary/aromatic N) is 3. The van der Waals surface area contributed by atoms with E-state index < -0.39 is 0 Å². The Morgan fingerprint density at radius 1 is 1.44 bits per heavy atom. The van der Waals surface area contributed by atoms with E-state index in [1.807, 2.05) is 26.8 Å². The lowest BCUT2D eigenvalue weighted by Crippen LogP contribution is -2.45. The van der Waals surface area contributed by atoms with Crippen LogP contribution < -0.4 is 16.8 Å². The molecular weight excluding hydrogens is 316 g/mol. The third kappa shape index (κ3) is 3.35. The van der Waals surface area contributed by atoms with Gasteiger partial charge < -0.3 is 16.8 Å². The second-order valence-electron chi connectivity index (χ2n) is 7.03. The van der Waals surface area contributed by atoms with Gasteiger partial charge in [-0.2, -0.15) is 0 Å². The van der Waals surface area contributed by atoms with Crippen LogP contribution in [0.2, 0.25) is 0 Å². The number of aryl methyl sites for hydroxylation is 1. The molecule has 2 aromatic rings. The number of allylic oxidation sites excluding steroid dienone is 2. The predicted molar refractivity (Wildman–Crippen MR) is 97.5 cm³/mol. The molecule has 2 aromatic heterocycles. The Labute approximate surface area is 146 Å². The summed E-state index contributed by atoms with van der Waals surface area (Å²) in [5.74, 6) is 0.310. The molecule has 0 spiro atoms. The Morgan fingerprint density at radius 3 is 2.80 bits per heavy atom. The molecule has 1 saturated carbocycles. The van der Waals surface area contributed by atoms with Crippen molar-refractivity contribution in [2.24, 2.45) is 17.4 Å². The van der Waals surface area contributed by atoms with Crippen LogP contribution in [0.25, 0.3) is 11.3 Å². The fourth-order valence-electron chi connectivity index (χ4n) is 2.93. The van der Waals surface area contributed by atoms with Crippen LogP contribution in [-0.2, 0) is 0 Å². The van der Waals surface area contributed by atoms with Crippen molar-refractivity contribution < 1.29 is 4.79 Å². The molecule has 0 saturated heterocycles. The Bertz CT molecular complexity index is 873. The van der Waals surface area contributed by atoms with E-state index in [0.29, 0.717) is 28.6 Å². The molecule has 25 heavy (non-hydrogen) atoms. The molecule has 0 bridgehead atoms. The summed E-state index contributed by atoms with van der Waals surface area (Å²) in [5.41, 5.74) is 13.9. The van der Waals surface area contributed by atoms with Crippen molar-refractivity contribution in [2.75, 3.05) is 0 Å². The number of amides is 1. The second kappa shape index (κ2) is 6.23. The minimum atomic E-state index is -0.246. The molecule has 1 amide bonds. The number of nitrogens with one attached hydrogen (secondary N) is 1. The zero-order valence-corrected chi connectivity index (χ0v) is 14.8. The Morgan fingerprint density at radius 2 is 2.16 bits per heavy atom. The van der Waals surface area contributed by atoms with Gasteiger partial charge in [-0.1, -0.05) is 0 Å². The van der Waals surface area contributed by atoms with Crippen LogP contribution in [-0.4, -0.2) is 25.8 Å². The van der Waals surface area contributed by atoms with E-state index in [2.05, 4.69) is 15.3 Å². The van der Waals surface area contributed by atoms with Crippen molar-refractivity contribution in [3.05, 3.63) is 47.8 Å². The van der Waals surface area contributed by atoms with Gasteiger partial charge >= 0.3 is 0 Å². The Balaban J connectivity index is 1.99. The number of fused-ring (bicyclic) bond motifs is 1. The molecule has 7 heteroatoms. The summed E-state index contributed by atoms with van der Waals surface area (Å²) in [6.45, 7) is 6.01. The lowest BCUT2D eigenvalue weighted by atomic mass is 9.98. The summed E-state index contributed by atoms with van der Waals surface area (Å²) in [6, 6.07) is 1.85. The van der Waals surface area contributed by atoms with Gasteiger partial charge in [0.05, 0.1) is 11.4 Å². The maximum Gasteiger partial charge on any atom is 0.274 e. The summed E-state index contributed by atoms with van der Waals surface area (Å²) in [5, 5.41) is 3.09. The molecule has 0 atom stereocenters. The number of imidazole rings is 1. The van der Waals surface area contributed by atoms with Gasteiger partial charge in [-0.25, -0.2) is 9.97 Å². The van der Waals surface area contributed by atoms with E-state index in [0.717, 1.165) is 18.5 Å². The summed E-state index contributed by atoms with van der Waals surface area (Å²) in [4.78, 5) is 21.5. The van der Waals surface area contributed by atoms with Crippen molar-refractivity contribution in [2.45, 2.75) is 39.2 Å². The van der Waals surface area contributed by atoms with E-state index in [4.69, 9.17) is 11.5 Å². The smallest absolute Gasteiger partial charge is 0.274 e. The lowest BCUT2D eigenvalue weighted by Gasteiger charge is -2.25. The van der Waals surface area contributed by atoms with E-state index in [1.54, 1.807) is 22.9 Å². The van der Waals surface area contributed by atoms with Gasteiger partial charge in [-0.15, -0.1) is 0 Å². The molecule has 3 rings (SSSR count). The van der Waals surface area contributed by atoms with Crippen molar-refractivity contribution in [1.82, 2.24) is 19.7 Å². The summed E-state index contributed by atoms with van der Waals surface area (Å²) in [7, 11) is 0. The summed E-state index contributed by atoms with van der Waals surface area (Å²) >= 11 is 0. The first-order valence-corrected chi connectivity index (χ1v) is 8.35. The minimum Gasteiger partial charge on any atom is -0.405 e. The molecule has 132 valence electrons. The SMILES string of the molecule is Cc1cc(/C(N)=C/C=C\N)nc2c(C(=O)NC(C)(C)C3CC3)ncn12. The number of aromatic nitrogens is 3. The molecule has 5 N–H and O–H groups in total. The highest BCUT2D eigenvalue weighted by Gasteiger charge is 2.39. The van der Waals surface area contributed by atoms with Crippen LogP contribution in [0.1, 0.15) is 48.6 Å². The highest BCUT2D eigenvalue weighted by atomic mass is 16.2. The normalized spacial score (nSPS) is 15.9. The van der Waals surface area contributed by atoms with Crippen molar-refractivity contribution in [3.63, 3.8) is 0 Å². The predicted octanol–water partition coefficient (Wildman–Crippen LogP) is 1.73. The molecule has 0 radical (unpaired) electrons.